The Kier molecular flexibility index (Phi) is 4.39. The predicted octanol–water partition coefficient (Wildman–Crippen LogP) is 5.46. The molecule has 0 unspecified atom stereocenters. The van der Waals surface area contributed by atoms with E-state index in [-0.39, 0.29) is 11.7 Å². The van der Waals surface area contributed by atoms with Crippen LogP contribution in [0, 0.1) is 5.82 Å². The van der Waals surface area contributed by atoms with Crippen molar-refractivity contribution >= 4 is 33.7 Å². The van der Waals surface area contributed by atoms with Gasteiger partial charge in [-0.15, -0.1) is 22.7 Å². The first kappa shape index (κ1) is 16.4. The van der Waals surface area contributed by atoms with E-state index in [1.807, 2.05) is 22.9 Å². The fourth-order valence-corrected chi connectivity index (χ4v) is 4.95. The van der Waals surface area contributed by atoms with Crippen LogP contribution in [0.15, 0.2) is 47.2 Å². The lowest BCUT2D eigenvalue weighted by Gasteiger charge is -2.27. The Balaban J connectivity index is 1.59. The number of carbonyl (C=O) groups excluding carboxylic acids is 1. The molecule has 2 heterocycles. The van der Waals surface area contributed by atoms with Gasteiger partial charge in [0.2, 0.25) is 5.91 Å². The molecule has 1 saturated carbocycles. The Morgan fingerprint density at radius 3 is 2.56 bits per heavy atom. The average Bonchev–Trinajstić information content (AvgIpc) is 3.37. The van der Waals surface area contributed by atoms with Crippen LogP contribution in [-0.2, 0) is 10.2 Å². The molecule has 2 aromatic heterocycles. The molecule has 25 heavy (non-hydrogen) atoms. The lowest BCUT2D eigenvalue weighted by atomic mass is 9.78. The lowest BCUT2D eigenvalue weighted by molar-refractivity contribution is -0.121. The number of hydrogen-bond donors (Lipinski definition) is 1. The molecule has 1 aliphatic carbocycles. The van der Waals surface area contributed by atoms with Crippen molar-refractivity contribution in [2.24, 2.45) is 0 Å². The van der Waals surface area contributed by atoms with Crippen LogP contribution in [0.25, 0.3) is 10.6 Å². The van der Waals surface area contributed by atoms with Gasteiger partial charge in [0.1, 0.15) is 5.82 Å². The van der Waals surface area contributed by atoms with Gasteiger partial charge in [-0.3, -0.25) is 4.79 Å². The summed E-state index contributed by atoms with van der Waals surface area (Å²) in [6.07, 6.45) is 3.58. The molecule has 0 aliphatic heterocycles. The number of thiophene rings is 1. The number of hydrogen-bond acceptors (Lipinski definition) is 4. The highest BCUT2D eigenvalue weighted by Gasteiger charge is 2.43. The van der Waals surface area contributed by atoms with Crippen molar-refractivity contribution < 1.29 is 9.18 Å². The van der Waals surface area contributed by atoms with Gasteiger partial charge in [0, 0.05) is 5.38 Å². The van der Waals surface area contributed by atoms with Gasteiger partial charge in [0.25, 0.3) is 0 Å². The van der Waals surface area contributed by atoms with Crippen molar-refractivity contribution in [3.8, 4) is 10.6 Å². The van der Waals surface area contributed by atoms with Crippen molar-refractivity contribution in [2.75, 3.05) is 5.32 Å². The van der Waals surface area contributed by atoms with Gasteiger partial charge in [-0.05, 0) is 42.0 Å². The number of anilines is 1. The number of nitrogens with zero attached hydrogens (tertiary/aromatic N) is 1. The number of halogens is 1. The smallest absolute Gasteiger partial charge is 0.236 e. The fourth-order valence-electron chi connectivity index (χ4n) is 3.48. The van der Waals surface area contributed by atoms with Crippen LogP contribution in [0.1, 0.15) is 31.2 Å². The van der Waals surface area contributed by atoms with Crippen LogP contribution < -0.4 is 5.32 Å². The Bertz CT molecular complexity index is 865. The number of carbonyl (C=O) groups is 1. The third kappa shape index (κ3) is 3.12. The molecule has 1 aliphatic rings. The Labute approximate surface area is 153 Å². The maximum atomic E-state index is 13.3. The van der Waals surface area contributed by atoms with Crippen LogP contribution >= 0.6 is 22.7 Å². The maximum absolute atomic E-state index is 13.3. The van der Waals surface area contributed by atoms with Gasteiger partial charge in [0.15, 0.2) is 5.13 Å². The van der Waals surface area contributed by atoms with E-state index in [4.69, 9.17) is 0 Å². The second-order valence-corrected chi connectivity index (χ2v) is 8.07. The molecule has 6 heteroatoms. The van der Waals surface area contributed by atoms with Crippen LogP contribution in [0.3, 0.4) is 0 Å². The van der Waals surface area contributed by atoms with Gasteiger partial charge in [0.05, 0.1) is 16.0 Å². The van der Waals surface area contributed by atoms with E-state index in [0.717, 1.165) is 41.8 Å². The van der Waals surface area contributed by atoms with Crippen LogP contribution in [0.4, 0.5) is 9.52 Å². The molecule has 0 radical (unpaired) electrons. The highest BCUT2D eigenvalue weighted by atomic mass is 32.1. The third-order valence-corrected chi connectivity index (χ3v) is 6.44. The number of aromatic nitrogens is 1. The number of nitrogens with one attached hydrogen (secondary N) is 1. The Morgan fingerprint density at radius 1 is 1.12 bits per heavy atom. The zero-order chi connectivity index (χ0) is 17.3. The first-order chi connectivity index (χ1) is 12.2. The Morgan fingerprint density at radius 2 is 1.88 bits per heavy atom. The summed E-state index contributed by atoms with van der Waals surface area (Å²) in [5, 5.41) is 7.58. The molecule has 0 bridgehead atoms. The van der Waals surface area contributed by atoms with Crippen molar-refractivity contribution in [3.05, 3.63) is 58.5 Å². The predicted molar refractivity (Wildman–Crippen MR) is 101 cm³/mol. The van der Waals surface area contributed by atoms with E-state index >= 15 is 0 Å². The molecule has 1 fully saturated rings. The first-order valence-corrected chi connectivity index (χ1v) is 10.0. The number of thiazole rings is 1. The minimum Gasteiger partial charge on any atom is -0.301 e. The molecule has 0 saturated heterocycles. The summed E-state index contributed by atoms with van der Waals surface area (Å²) in [5.41, 5.74) is 1.19. The minimum absolute atomic E-state index is 0.0383. The van der Waals surface area contributed by atoms with Crippen molar-refractivity contribution in [3.63, 3.8) is 0 Å². The summed E-state index contributed by atoms with van der Waals surface area (Å²) in [7, 11) is 0. The Hall–Kier alpha value is -2.05. The number of rotatable bonds is 4. The molecule has 128 valence electrons. The van der Waals surface area contributed by atoms with Gasteiger partial charge in [-0.25, -0.2) is 9.37 Å². The molecule has 1 N–H and O–H groups in total. The summed E-state index contributed by atoms with van der Waals surface area (Å²) >= 11 is 3.06. The summed E-state index contributed by atoms with van der Waals surface area (Å²) in [6, 6.07) is 10.3. The maximum Gasteiger partial charge on any atom is 0.236 e. The summed E-state index contributed by atoms with van der Waals surface area (Å²) < 4.78 is 13.3. The highest BCUT2D eigenvalue weighted by molar-refractivity contribution is 7.16. The van der Waals surface area contributed by atoms with Crippen molar-refractivity contribution in [2.45, 2.75) is 31.1 Å². The summed E-state index contributed by atoms with van der Waals surface area (Å²) in [4.78, 5) is 18.7. The van der Waals surface area contributed by atoms with E-state index in [9.17, 15) is 9.18 Å². The molecule has 1 amide bonds. The fraction of sp³-hybridized carbons (Fsp3) is 0.263. The van der Waals surface area contributed by atoms with Crippen molar-refractivity contribution in [1.82, 2.24) is 4.98 Å². The molecule has 3 aromatic rings. The van der Waals surface area contributed by atoms with Crippen LogP contribution in [0.5, 0.6) is 0 Å². The molecule has 4 rings (SSSR count). The van der Waals surface area contributed by atoms with Gasteiger partial charge in [-0.2, -0.15) is 0 Å². The zero-order valence-corrected chi connectivity index (χ0v) is 15.1. The van der Waals surface area contributed by atoms with Crippen molar-refractivity contribution in [1.29, 1.82) is 0 Å². The average molecular weight is 372 g/mol. The molecule has 0 atom stereocenters. The topological polar surface area (TPSA) is 42.0 Å². The van der Waals surface area contributed by atoms with E-state index in [2.05, 4.69) is 10.3 Å². The second-order valence-electron chi connectivity index (χ2n) is 6.27. The quantitative estimate of drug-likeness (QED) is 0.661. The number of amides is 1. The zero-order valence-electron chi connectivity index (χ0n) is 13.5. The van der Waals surface area contributed by atoms with Gasteiger partial charge < -0.3 is 5.32 Å². The first-order valence-electron chi connectivity index (χ1n) is 8.24. The van der Waals surface area contributed by atoms with Crippen LogP contribution in [0.2, 0.25) is 0 Å². The molecular weight excluding hydrogens is 355 g/mol. The normalized spacial score (nSPS) is 16.0. The number of benzene rings is 1. The van der Waals surface area contributed by atoms with E-state index < -0.39 is 5.41 Å². The SMILES string of the molecule is O=C(Nc1nc(-c2cccs2)cs1)C1(c2ccc(F)cc2)CCCC1. The molecule has 0 spiro atoms. The monoisotopic (exact) mass is 372 g/mol. The van der Waals surface area contributed by atoms with E-state index in [1.165, 1.54) is 23.5 Å². The lowest BCUT2D eigenvalue weighted by Crippen LogP contribution is -2.38. The third-order valence-electron chi connectivity index (χ3n) is 4.79. The molecule has 3 nitrogen and oxygen atoms in total. The largest absolute Gasteiger partial charge is 0.301 e. The van der Waals surface area contributed by atoms with Gasteiger partial charge >= 0.3 is 0 Å². The summed E-state index contributed by atoms with van der Waals surface area (Å²) in [5.74, 6) is -0.318. The van der Waals surface area contributed by atoms with Gasteiger partial charge in [-0.1, -0.05) is 31.0 Å². The second kappa shape index (κ2) is 6.69. The minimum atomic E-state index is -0.581. The summed E-state index contributed by atoms with van der Waals surface area (Å²) in [6.45, 7) is 0. The highest BCUT2D eigenvalue weighted by Crippen LogP contribution is 2.42. The standard InChI is InChI=1S/C19H17FN2OS2/c20-14-7-5-13(6-8-14)19(9-1-2-10-19)17(23)22-18-21-15(12-25-18)16-4-3-11-24-16/h3-8,11-12H,1-2,9-10H2,(H,21,22,23). The van der Waals surface area contributed by atoms with E-state index in [1.54, 1.807) is 23.5 Å². The molecular formula is C19H17FN2OS2. The van der Waals surface area contributed by atoms with Crippen LogP contribution in [-0.4, -0.2) is 10.9 Å². The van der Waals surface area contributed by atoms with E-state index in [0.29, 0.717) is 5.13 Å². The molecule has 1 aromatic carbocycles.